The minimum Gasteiger partial charge on any atom is -0.480 e. The third-order valence-corrected chi connectivity index (χ3v) is 3.06. The smallest absolute Gasteiger partial charge is 0.323 e. The molecule has 0 radical (unpaired) electrons. The number of carboxylic acid groups (broad SMARTS) is 1. The summed E-state index contributed by atoms with van der Waals surface area (Å²) in [5, 5.41) is 13.4. The Balaban J connectivity index is 2.31. The summed E-state index contributed by atoms with van der Waals surface area (Å²) in [7, 11) is 1.84. The second kappa shape index (κ2) is 5.64. The van der Waals surface area contributed by atoms with E-state index in [-0.39, 0.29) is 6.54 Å². The van der Waals surface area contributed by atoms with Crippen molar-refractivity contribution < 1.29 is 9.90 Å². The van der Waals surface area contributed by atoms with Crippen LogP contribution in [0.25, 0.3) is 0 Å². The monoisotopic (exact) mass is 274 g/mol. The molecule has 0 unspecified atom stereocenters. The van der Waals surface area contributed by atoms with Crippen molar-refractivity contribution in [2.75, 3.05) is 17.2 Å². The van der Waals surface area contributed by atoms with Gasteiger partial charge in [0, 0.05) is 7.05 Å². The minimum atomic E-state index is -0.896. The maximum atomic E-state index is 11.1. The zero-order valence-corrected chi connectivity index (χ0v) is 11.6. The van der Waals surface area contributed by atoms with E-state index in [2.05, 4.69) is 5.10 Å². The lowest BCUT2D eigenvalue weighted by Crippen LogP contribution is -2.30. The van der Waals surface area contributed by atoms with Crippen LogP contribution in [0.2, 0.25) is 0 Å². The SMILES string of the molecule is Cc1cc(CN(CC(=O)O)c2ccccc2N)n(C)n1. The van der Waals surface area contributed by atoms with Crippen LogP contribution in [-0.2, 0) is 18.4 Å². The summed E-state index contributed by atoms with van der Waals surface area (Å²) in [5.41, 5.74) is 9.05. The van der Waals surface area contributed by atoms with Gasteiger partial charge in [-0.25, -0.2) is 0 Å². The number of benzene rings is 1. The second-order valence-electron chi connectivity index (χ2n) is 4.71. The van der Waals surface area contributed by atoms with E-state index in [0.29, 0.717) is 17.9 Å². The molecule has 0 saturated carbocycles. The van der Waals surface area contributed by atoms with Gasteiger partial charge in [-0.1, -0.05) is 12.1 Å². The Labute approximate surface area is 117 Å². The lowest BCUT2D eigenvalue weighted by atomic mass is 10.2. The molecule has 0 bridgehead atoms. The number of nitrogens with two attached hydrogens (primary N) is 1. The van der Waals surface area contributed by atoms with Gasteiger partial charge < -0.3 is 15.7 Å². The van der Waals surface area contributed by atoms with Crippen molar-refractivity contribution in [2.24, 2.45) is 7.05 Å². The predicted octanol–water partition coefficient (Wildman–Crippen LogP) is 1.40. The highest BCUT2D eigenvalue weighted by molar-refractivity contribution is 5.77. The third-order valence-electron chi connectivity index (χ3n) is 3.06. The van der Waals surface area contributed by atoms with Crippen LogP contribution in [0.4, 0.5) is 11.4 Å². The van der Waals surface area contributed by atoms with E-state index < -0.39 is 5.97 Å². The highest BCUT2D eigenvalue weighted by Gasteiger charge is 2.15. The first-order chi connectivity index (χ1) is 9.47. The molecule has 1 heterocycles. The van der Waals surface area contributed by atoms with Crippen molar-refractivity contribution in [3.05, 3.63) is 41.7 Å². The molecule has 0 spiro atoms. The molecule has 0 aliphatic carbocycles. The van der Waals surface area contributed by atoms with Crippen molar-refractivity contribution in [1.29, 1.82) is 0 Å². The number of carboxylic acids is 1. The average Bonchev–Trinajstić information content (AvgIpc) is 2.67. The van der Waals surface area contributed by atoms with E-state index in [0.717, 1.165) is 11.4 Å². The Morgan fingerprint density at radius 1 is 1.45 bits per heavy atom. The van der Waals surface area contributed by atoms with Gasteiger partial charge in [-0.15, -0.1) is 0 Å². The molecule has 1 aromatic carbocycles. The molecule has 3 N–H and O–H groups in total. The van der Waals surface area contributed by atoms with E-state index >= 15 is 0 Å². The number of hydrogen-bond donors (Lipinski definition) is 2. The number of rotatable bonds is 5. The number of aromatic nitrogens is 2. The molecule has 0 aliphatic rings. The molecular weight excluding hydrogens is 256 g/mol. The zero-order valence-electron chi connectivity index (χ0n) is 11.6. The Kier molecular flexibility index (Phi) is 3.93. The normalized spacial score (nSPS) is 10.5. The molecule has 106 valence electrons. The topological polar surface area (TPSA) is 84.4 Å². The summed E-state index contributed by atoms with van der Waals surface area (Å²) in [5.74, 6) is -0.896. The van der Waals surface area contributed by atoms with Gasteiger partial charge in [-0.3, -0.25) is 9.48 Å². The van der Waals surface area contributed by atoms with Crippen LogP contribution in [0.1, 0.15) is 11.4 Å². The number of nitrogen functional groups attached to an aromatic ring is 1. The van der Waals surface area contributed by atoms with Gasteiger partial charge in [0.05, 0.1) is 29.3 Å². The summed E-state index contributed by atoms with van der Waals surface area (Å²) in [4.78, 5) is 12.8. The summed E-state index contributed by atoms with van der Waals surface area (Å²) >= 11 is 0. The predicted molar refractivity (Wildman–Crippen MR) is 77.5 cm³/mol. The molecule has 0 atom stereocenters. The van der Waals surface area contributed by atoms with Gasteiger partial charge in [-0.05, 0) is 25.1 Å². The highest BCUT2D eigenvalue weighted by Crippen LogP contribution is 2.24. The van der Waals surface area contributed by atoms with Gasteiger partial charge in [0.2, 0.25) is 0 Å². The molecule has 20 heavy (non-hydrogen) atoms. The first kappa shape index (κ1) is 13.9. The Hall–Kier alpha value is -2.50. The number of aliphatic carboxylic acids is 1. The van der Waals surface area contributed by atoms with Gasteiger partial charge in [0.1, 0.15) is 6.54 Å². The molecule has 0 amide bonds. The van der Waals surface area contributed by atoms with Crippen molar-refractivity contribution in [3.8, 4) is 0 Å². The summed E-state index contributed by atoms with van der Waals surface area (Å²) < 4.78 is 1.75. The van der Waals surface area contributed by atoms with Crippen LogP contribution >= 0.6 is 0 Å². The molecule has 0 fully saturated rings. The fourth-order valence-corrected chi connectivity index (χ4v) is 2.17. The Bertz CT molecular complexity index is 621. The number of para-hydroxylation sites is 2. The summed E-state index contributed by atoms with van der Waals surface area (Å²) in [6.07, 6.45) is 0. The fraction of sp³-hybridized carbons (Fsp3) is 0.286. The zero-order chi connectivity index (χ0) is 14.7. The van der Waals surface area contributed by atoms with Crippen LogP contribution in [0.15, 0.2) is 30.3 Å². The number of hydrogen-bond acceptors (Lipinski definition) is 4. The average molecular weight is 274 g/mol. The second-order valence-corrected chi connectivity index (χ2v) is 4.71. The van der Waals surface area contributed by atoms with Crippen molar-refractivity contribution in [2.45, 2.75) is 13.5 Å². The van der Waals surface area contributed by atoms with E-state index in [1.54, 1.807) is 15.6 Å². The van der Waals surface area contributed by atoms with Crippen LogP contribution in [0, 0.1) is 6.92 Å². The lowest BCUT2D eigenvalue weighted by Gasteiger charge is -2.24. The van der Waals surface area contributed by atoms with Crippen molar-refractivity contribution in [3.63, 3.8) is 0 Å². The van der Waals surface area contributed by atoms with Crippen LogP contribution in [-0.4, -0.2) is 27.4 Å². The van der Waals surface area contributed by atoms with E-state index in [4.69, 9.17) is 10.8 Å². The van der Waals surface area contributed by atoms with Crippen molar-refractivity contribution >= 4 is 17.3 Å². The number of carbonyl (C=O) groups is 1. The number of anilines is 2. The van der Waals surface area contributed by atoms with Crippen LogP contribution in [0.3, 0.4) is 0 Å². The van der Waals surface area contributed by atoms with E-state index in [1.807, 2.05) is 38.2 Å². The van der Waals surface area contributed by atoms with E-state index in [9.17, 15) is 4.79 Å². The fourth-order valence-electron chi connectivity index (χ4n) is 2.17. The van der Waals surface area contributed by atoms with Crippen molar-refractivity contribution in [1.82, 2.24) is 9.78 Å². The first-order valence-electron chi connectivity index (χ1n) is 6.28. The van der Waals surface area contributed by atoms with Gasteiger partial charge in [0.15, 0.2) is 0 Å². The molecule has 1 aromatic heterocycles. The molecule has 6 nitrogen and oxygen atoms in total. The minimum absolute atomic E-state index is 0.113. The quantitative estimate of drug-likeness (QED) is 0.805. The number of aryl methyl sites for hydroxylation is 2. The van der Waals surface area contributed by atoms with Crippen LogP contribution in [0.5, 0.6) is 0 Å². The maximum absolute atomic E-state index is 11.1. The molecule has 0 saturated heterocycles. The third kappa shape index (κ3) is 3.09. The van der Waals surface area contributed by atoms with Gasteiger partial charge in [0.25, 0.3) is 0 Å². The molecule has 6 heteroatoms. The largest absolute Gasteiger partial charge is 0.480 e. The van der Waals surface area contributed by atoms with Gasteiger partial charge >= 0.3 is 5.97 Å². The molecule has 2 rings (SSSR count). The lowest BCUT2D eigenvalue weighted by molar-refractivity contribution is -0.135. The first-order valence-corrected chi connectivity index (χ1v) is 6.28. The Morgan fingerprint density at radius 2 is 2.15 bits per heavy atom. The summed E-state index contributed by atoms with van der Waals surface area (Å²) in [6.45, 7) is 2.23. The highest BCUT2D eigenvalue weighted by atomic mass is 16.4. The molecular formula is C14H18N4O2. The van der Waals surface area contributed by atoms with E-state index in [1.165, 1.54) is 0 Å². The number of nitrogens with zero attached hydrogens (tertiary/aromatic N) is 3. The molecule has 0 aliphatic heterocycles. The summed E-state index contributed by atoms with van der Waals surface area (Å²) in [6, 6.07) is 9.19. The van der Waals surface area contributed by atoms with Crippen LogP contribution < -0.4 is 10.6 Å². The Morgan fingerprint density at radius 3 is 2.70 bits per heavy atom. The molecule has 2 aromatic rings. The van der Waals surface area contributed by atoms with Gasteiger partial charge in [-0.2, -0.15) is 5.10 Å². The maximum Gasteiger partial charge on any atom is 0.323 e. The standard InChI is InChI=1S/C14H18N4O2/c1-10-7-11(17(2)16-10)8-18(9-14(19)20)13-6-4-3-5-12(13)15/h3-7H,8-9,15H2,1-2H3,(H,19,20).